The molecule has 1 aliphatic carbocycles. The molecule has 0 radical (unpaired) electrons. The van der Waals surface area contributed by atoms with E-state index in [0.29, 0.717) is 17.4 Å². The molecule has 1 fully saturated rings. The van der Waals surface area contributed by atoms with Gasteiger partial charge < -0.3 is 5.32 Å². The van der Waals surface area contributed by atoms with Gasteiger partial charge in [0.05, 0.1) is 5.69 Å². The van der Waals surface area contributed by atoms with Gasteiger partial charge in [-0.15, -0.1) is 5.10 Å². The molecule has 0 saturated heterocycles. The fraction of sp³-hybridized carbons (Fsp3) is 0.471. The lowest BCUT2D eigenvalue weighted by Crippen LogP contribution is -2.21. The molecular formula is C17H26N4O. The number of unbranched alkanes of at least 4 members (excludes halogenated alkanes) is 1. The van der Waals surface area contributed by atoms with Crippen molar-refractivity contribution >= 4 is 5.69 Å². The Kier molecular flexibility index (Phi) is 5.69. The van der Waals surface area contributed by atoms with E-state index in [1.54, 1.807) is 19.3 Å². The van der Waals surface area contributed by atoms with Crippen LogP contribution < -0.4 is 10.9 Å². The molecule has 0 unspecified atom stereocenters. The van der Waals surface area contributed by atoms with E-state index < -0.39 is 0 Å². The summed E-state index contributed by atoms with van der Waals surface area (Å²) < 4.78 is 1.50. The van der Waals surface area contributed by atoms with Crippen molar-refractivity contribution in [2.75, 3.05) is 12.4 Å². The predicted molar refractivity (Wildman–Crippen MR) is 91.8 cm³/mol. The van der Waals surface area contributed by atoms with Gasteiger partial charge >= 0.3 is 0 Å². The summed E-state index contributed by atoms with van der Waals surface area (Å²) in [5.74, 6) is 1.13. The number of hydrogen-bond donors (Lipinski definition) is 1. The number of anilines is 1. The second-order valence-electron chi connectivity index (χ2n) is 5.44. The lowest BCUT2D eigenvalue weighted by molar-refractivity contribution is 0.842. The molecule has 2 aromatic rings. The third kappa shape index (κ3) is 3.93. The standard InChI is InChI=1S/C13H14N4O.C4H10.H2/c1-14-11-3-2-8-17(13(11)18)12-7-6-10(15-16-12)9-4-5-9;1-3-4-2;/h2-3,6-9,14H,4-5H2,1H3;3-4H2,1-2H3;1H. The first kappa shape index (κ1) is 16.2. The second-order valence-corrected chi connectivity index (χ2v) is 5.44. The van der Waals surface area contributed by atoms with Crippen molar-refractivity contribution in [3.05, 3.63) is 46.5 Å². The van der Waals surface area contributed by atoms with Crippen LogP contribution in [0.25, 0.3) is 5.82 Å². The van der Waals surface area contributed by atoms with Crippen LogP contribution in [0.2, 0.25) is 0 Å². The molecule has 1 N–H and O–H groups in total. The van der Waals surface area contributed by atoms with Gasteiger partial charge in [0.25, 0.3) is 5.56 Å². The summed E-state index contributed by atoms with van der Waals surface area (Å²) in [4.78, 5) is 12.1. The Labute approximate surface area is 132 Å². The molecule has 0 spiro atoms. The fourth-order valence-electron chi connectivity index (χ4n) is 1.93. The van der Waals surface area contributed by atoms with Crippen LogP contribution in [0.15, 0.2) is 35.3 Å². The normalized spacial score (nSPS) is 13.2. The molecule has 5 nitrogen and oxygen atoms in total. The zero-order chi connectivity index (χ0) is 15.9. The number of nitrogens with one attached hydrogen (secondary N) is 1. The molecule has 0 bridgehead atoms. The fourth-order valence-corrected chi connectivity index (χ4v) is 1.93. The van der Waals surface area contributed by atoms with E-state index in [1.165, 1.54) is 30.3 Å². The van der Waals surface area contributed by atoms with Gasteiger partial charge in [-0.2, -0.15) is 5.10 Å². The number of nitrogens with zero attached hydrogens (tertiary/aromatic N) is 3. The first-order valence-corrected chi connectivity index (χ1v) is 7.94. The molecule has 0 aromatic carbocycles. The summed E-state index contributed by atoms with van der Waals surface area (Å²) >= 11 is 0. The SMILES string of the molecule is CCCC.CNc1cccn(-c2ccc(C3CC3)nn2)c1=O.[HH]. The zero-order valence-electron chi connectivity index (χ0n) is 13.5. The minimum atomic E-state index is -0.117. The minimum Gasteiger partial charge on any atom is -0.384 e. The number of hydrogen-bond acceptors (Lipinski definition) is 4. The predicted octanol–water partition coefficient (Wildman–Crippen LogP) is 3.60. The van der Waals surface area contributed by atoms with Gasteiger partial charge in [-0.3, -0.25) is 9.36 Å². The molecule has 22 heavy (non-hydrogen) atoms. The van der Waals surface area contributed by atoms with Crippen LogP contribution in [0.5, 0.6) is 0 Å². The molecular weight excluding hydrogens is 276 g/mol. The summed E-state index contributed by atoms with van der Waals surface area (Å²) in [5, 5.41) is 11.2. The van der Waals surface area contributed by atoms with Crippen LogP contribution in [-0.4, -0.2) is 21.8 Å². The third-order valence-electron chi connectivity index (χ3n) is 3.63. The van der Waals surface area contributed by atoms with Gasteiger partial charge in [0.15, 0.2) is 5.82 Å². The highest BCUT2D eigenvalue weighted by atomic mass is 16.1. The second kappa shape index (κ2) is 7.73. The van der Waals surface area contributed by atoms with Crippen LogP contribution >= 0.6 is 0 Å². The Bertz CT molecular complexity index is 648. The Balaban J connectivity index is 0.000000478. The van der Waals surface area contributed by atoms with Gasteiger partial charge in [0.2, 0.25) is 0 Å². The van der Waals surface area contributed by atoms with E-state index in [-0.39, 0.29) is 6.99 Å². The molecule has 2 aromatic heterocycles. The van der Waals surface area contributed by atoms with Gasteiger partial charge in [0.1, 0.15) is 5.69 Å². The van der Waals surface area contributed by atoms with Crippen molar-refractivity contribution in [1.29, 1.82) is 0 Å². The summed E-state index contributed by atoms with van der Waals surface area (Å²) in [6, 6.07) is 7.36. The van der Waals surface area contributed by atoms with Crippen molar-refractivity contribution in [2.24, 2.45) is 0 Å². The van der Waals surface area contributed by atoms with Crippen LogP contribution in [0.1, 0.15) is 52.6 Å². The highest BCUT2D eigenvalue weighted by Gasteiger charge is 2.25. The first-order valence-electron chi connectivity index (χ1n) is 7.94. The van der Waals surface area contributed by atoms with E-state index in [2.05, 4.69) is 29.4 Å². The van der Waals surface area contributed by atoms with E-state index in [0.717, 1.165) is 5.69 Å². The van der Waals surface area contributed by atoms with Crippen LogP contribution in [0.3, 0.4) is 0 Å². The molecule has 0 aliphatic heterocycles. The van der Waals surface area contributed by atoms with Crippen molar-refractivity contribution in [3.8, 4) is 5.82 Å². The van der Waals surface area contributed by atoms with Crippen molar-refractivity contribution < 1.29 is 1.43 Å². The lowest BCUT2D eigenvalue weighted by atomic mass is 10.3. The maximum absolute atomic E-state index is 12.1. The average Bonchev–Trinajstić information content (AvgIpc) is 3.40. The van der Waals surface area contributed by atoms with Crippen LogP contribution in [0, 0.1) is 0 Å². The van der Waals surface area contributed by atoms with Crippen LogP contribution in [-0.2, 0) is 0 Å². The third-order valence-corrected chi connectivity index (χ3v) is 3.63. The smallest absolute Gasteiger partial charge is 0.279 e. The van der Waals surface area contributed by atoms with Gasteiger partial charge in [-0.05, 0) is 37.1 Å². The van der Waals surface area contributed by atoms with Crippen molar-refractivity contribution in [3.63, 3.8) is 0 Å². The van der Waals surface area contributed by atoms with E-state index >= 15 is 0 Å². The molecule has 120 valence electrons. The highest BCUT2D eigenvalue weighted by molar-refractivity contribution is 5.41. The Morgan fingerprint density at radius 1 is 1.23 bits per heavy atom. The lowest BCUT2D eigenvalue weighted by Gasteiger charge is -2.06. The largest absolute Gasteiger partial charge is 0.384 e. The molecule has 1 saturated carbocycles. The maximum atomic E-state index is 12.1. The van der Waals surface area contributed by atoms with E-state index in [1.807, 2.05) is 18.2 Å². The number of rotatable bonds is 4. The molecule has 0 amide bonds. The Hall–Kier alpha value is -2.17. The zero-order valence-corrected chi connectivity index (χ0v) is 13.5. The van der Waals surface area contributed by atoms with Crippen LogP contribution in [0.4, 0.5) is 5.69 Å². The summed E-state index contributed by atoms with van der Waals surface area (Å²) in [6.07, 6.45) is 6.73. The minimum absolute atomic E-state index is 0. The topological polar surface area (TPSA) is 59.8 Å². The average molecular weight is 302 g/mol. The Morgan fingerprint density at radius 2 is 1.95 bits per heavy atom. The maximum Gasteiger partial charge on any atom is 0.279 e. The monoisotopic (exact) mass is 302 g/mol. The molecule has 1 aliphatic rings. The van der Waals surface area contributed by atoms with Gasteiger partial charge in [0, 0.05) is 20.6 Å². The molecule has 0 atom stereocenters. The molecule has 3 rings (SSSR count). The van der Waals surface area contributed by atoms with Gasteiger partial charge in [-0.25, -0.2) is 0 Å². The first-order chi connectivity index (χ1) is 10.7. The summed E-state index contributed by atoms with van der Waals surface area (Å²) in [6.45, 7) is 4.36. The Morgan fingerprint density at radius 3 is 2.45 bits per heavy atom. The summed E-state index contributed by atoms with van der Waals surface area (Å²) in [7, 11) is 1.73. The van der Waals surface area contributed by atoms with Gasteiger partial charge in [-0.1, -0.05) is 26.7 Å². The quantitative estimate of drug-likeness (QED) is 0.937. The number of pyridine rings is 1. The molecule has 2 heterocycles. The summed E-state index contributed by atoms with van der Waals surface area (Å²) in [5.41, 5.74) is 1.45. The highest BCUT2D eigenvalue weighted by Crippen LogP contribution is 2.38. The molecule has 5 heteroatoms. The number of aromatic nitrogens is 3. The van der Waals surface area contributed by atoms with E-state index in [9.17, 15) is 4.79 Å². The van der Waals surface area contributed by atoms with E-state index in [4.69, 9.17) is 0 Å². The van der Waals surface area contributed by atoms with Crippen molar-refractivity contribution in [2.45, 2.75) is 45.4 Å². The van der Waals surface area contributed by atoms with Crippen molar-refractivity contribution in [1.82, 2.24) is 14.8 Å².